The first kappa shape index (κ1) is 22.4. The van der Waals surface area contributed by atoms with E-state index in [1.165, 1.54) is 14.2 Å². The van der Waals surface area contributed by atoms with Gasteiger partial charge in [-0.2, -0.15) is 4.98 Å². The van der Waals surface area contributed by atoms with Crippen molar-refractivity contribution in [1.82, 2.24) is 10.3 Å². The molecule has 0 saturated carbocycles. The van der Waals surface area contributed by atoms with Crippen LogP contribution in [-0.2, 0) is 21.0 Å². The van der Waals surface area contributed by atoms with E-state index in [0.717, 1.165) is 5.56 Å². The maximum absolute atomic E-state index is 12.1. The van der Waals surface area contributed by atoms with Gasteiger partial charge >= 0.3 is 0 Å². The van der Waals surface area contributed by atoms with Crippen molar-refractivity contribution in [3.63, 3.8) is 0 Å². The average molecular weight is 422 g/mol. The van der Waals surface area contributed by atoms with E-state index in [1.807, 2.05) is 19.1 Å². The Balaban J connectivity index is 2.14. The number of nitrogens with one attached hydrogen (secondary N) is 1. The Hall–Kier alpha value is -2.84. The Morgan fingerprint density at radius 3 is 2.69 bits per heavy atom. The molecule has 0 aliphatic rings. The molecule has 9 heteroatoms. The van der Waals surface area contributed by atoms with E-state index in [-0.39, 0.29) is 24.1 Å². The fourth-order valence-electron chi connectivity index (χ4n) is 2.38. The molecule has 8 nitrogen and oxygen atoms in total. The number of ether oxygens (including phenoxy) is 3. The van der Waals surface area contributed by atoms with E-state index >= 15 is 0 Å². The van der Waals surface area contributed by atoms with Crippen molar-refractivity contribution in [2.75, 3.05) is 34.0 Å². The average Bonchev–Trinajstić information content (AvgIpc) is 2.75. The van der Waals surface area contributed by atoms with E-state index in [9.17, 15) is 4.79 Å². The summed E-state index contributed by atoms with van der Waals surface area (Å²) in [4.78, 5) is 21.2. The second-order valence-electron chi connectivity index (χ2n) is 5.63. The quantitative estimate of drug-likeness (QED) is 0.341. The van der Waals surface area contributed by atoms with E-state index in [1.54, 1.807) is 24.3 Å². The molecule has 0 fully saturated rings. The Morgan fingerprint density at radius 1 is 1.17 bits per heavy atom. The van der Waals surface area contributed by atoms with Crippen LogP contribution in [0.1, 0.15) is 18.1 Å². The summed E-state index contributed by atoms with van der Waals surface area (Å²) in [7, 11) is 2.91. The summed E-state index contributed by atoms with van der Waals surface area (Å²) < 4.78 is 16.6. The van der Waals surface area contributed by atoms with Gasteiger partial charge in [-0.25, -0.2) is 0 Å². The molecule has 2 aromatic rings. The van der Waals surface area contributed by atoms with Crippen LogP contribution in [0.2, 0.25) is 5.02 Å². The van der Waals surface area contributed by atoms with E-state index < -0.39 is 0 Å². The summed E-state index contributed by atoms with van der Waals surface area (Å²) in [6, 6.07) is 10.5. The smallest absolute Gasteiger partial charge is 0.273 e. The van der Waals surface area contributed by atoms with Crippen molar-refractivity contribution >= 4 is 23.2 Å². The van der Waals surface area contributed by atoms with Crippen LogP contribution in [0.4, 0.5) is 0 Å². The van der Waals surface area contributed by atoms with E-state index in [2.05, 4.69) is 15.5 Å². The summed E-state index contributed by atoms with van der Waals surface area (Å²) >= 11 is 6.12. The molecule has 0 radical (unpaired) electrons. The van der Waals surface area contributed by atoms with E-state index in [0.29, 0.717) is 36.3 Å². The fourth-order valence-corrected chi connectivity index (χ4v) is 2.54. The van der Waals surface area contributed by atoms with Gasteiger partial charge in [-0.15, -0.1) is 0 Å². The third kappa shape index (κ3) is 6.62. The molecule has 1 aromatic carbocycles. The topological polar surface area (TPSA) is 91.3 Å². The molecule has 0 atom stereocenters. The molecule has 0 spiro atoms. The molecular formula is C20H24ClN3O5. The third-order valence-corrected chi connectivity index (χ3v) is 4.02. The predicted molar refractivity (Wildman–Crippen MR) is 110 cm³/mol. The number of halogens is 1. The van der Waals surface area contributed by atoms with Crippen LogP contribution in [0.15, 0.2) is 41.6 Å². The first-order chi connectivity index (χ1) is 14.1. The van der Waals surface area contributed by atoms with Crippen LogP contribution >= 0.6 is 11.6 Å². The molecule has 1 aromatic heterocycles. The van der Waals surface area contributed by atoms with Crippen molar-refractivity contribution in [2.24, 2.45) is 5.16 Å². The summed E-state index contributed by atoms with van der Waals surface area (Å²) in [5.41, 5.74) is 1.48. The van der Waals surface area contributed by atoms with Gasteiger partial charge in [0.05, 0.1) is 6.61 Å². The normalized spacial score (nSPS) is 11.1. The molecule has 29 heavy (non-hydrogen) atoms. The standard InChI is InChI=1S/C20H24ClN3O5/c1-4-27-11-12-28-20-16(21)9-10-17(23-20)29-13-14-7-5-6-8-15(14)18(24-26-3)19(25)22-2/h5-10H,4,11-13H2,1-3H3,(H,22,25)/b24-18-. The molecule has 0 saturated heterocycles. The number of likely N-dealkylation sites (N-methyl/N-ethyl adjacent to an activating group) is 1. The highest BCUT2D eigenvalue weighted by molar-refractivity contribution is 6.45. The van der Waals surface area contributed by atoms with Crippen molar-refractivity contribution in [3.8, 4) is 11.8 Å². The number of rotatable bonds is 11. The highest BCUT2D eigenvalue weighted by atomic mass is 35.5. The first-order valence-corrected chi connectivity index (χ1v) is 9.39. The van der Waals surface area contributed by atoms with Crippen molar-refractivity contribution in [3.05, 3.63) is 52.5 Å². The summed E-state index contributed by atoms with van der Waals surface area (Å²) in [5, 5.41) is 6.76. The lowest BCUT2D eigenvalue weighted by Crippen LogP contribution is -2.29. The minimum absolute atomic E-state index is 0.151. The summed E-state index contributed by atoms with van der Waals surface area (Å²) in [5.74, 6) is 0.235. The van der Waals surface area contributed by atoms with Gasteiger partial charge in [-0.3, -0.25) is 4.79 Å². The number of hydrogen-bond donors (Lipinski definition) is 1. The van der Waals surface area contributed by atoms with Crippen LogP contribution < -0.4 is 14.8 Å². The molecule has 2 rings (SSSR count). The maximum Gasteiger partial charge on any atom is 0.273 e. The Bertz CT molecular complexity index is 845. The number of nitrogens with zero attached hydrogens (tertiary/aromatic N) is 2. The number of amides is 1. The third-order valence-electron chi connectivity index (χ3n) is 3.73. The van der Waals surface area contributed by atoms with Crippen molar-refractivity contribution in [2.45, 2.75) is 13.5 Å². The molecule has 1 N–H and O–H groups in total. The van der Waals surface area contributed by atoms with Crippen molar-refractivity contribution in [1.29, 1.82) is 0 Å². The molecule has 0 aliphatic carbocycles. The minimum atomic E-state index is -0.367. The highest BCUT2D eigenvalue weighted by Crippen LogP contribution is 2.25. The monoisotopic (exact) mass is 421 g/mol. The van der Waals surface area contributed by atoms with Crippen LogP contribution in [0, 0.1) is 0 Å². The lowest BCUT2D eigenvalue weighted by atomic mass is 10.0. The van der Waals surface area contributed by atoms with Crippen LogP contribution in [0.25, 0.3) is 0 Å². The van der Waals surface area contributed by atoms with Crippen LogP contribution in [0.3, 0.4) is 0 Å². The molecule has 1 heterocycles. The number of hydrogen-bond acceptors (Lipinski definition) is 7. The second kappa shape index (κ2) is 11.9. The van der Waals surface area contributed by atoms with E-state index in [4.69, 9.17) is 30.6 Å². The van der Waals surface area contributed by atoms with Crippen molar-refractivity contribution < 1.29 is 23.8 Å². The van der Waals surface area contributed by atoms with Gasteiger partial charge < -0.3 is 24.4 Å². The minimum Gasteiger partial charge on any atom is -0.474 e. The Kier molecular flexibility index (Phi) is 9.20. The van der Waals surface area contributed by atoms with Crippen LogP contribution in [0.5, 0.6) is 11.8 Å². The van der Waals surface area contributed by atoms with Gasteiger partial charge in [0.25, 0.3) is 5.91 Å². The van der Waals surface area contributed by atoms with Gasteiger partial charge in [0.15, 0.2) is 5.71 Å². The van der Waals surface area contributed by atoms with Gasteiger partial charge in [0, 0.05) is 25.3 Å². The number of oxime groups is 1. The molecule has 0 aliphatic heterocycles. The number of aromatic nitrogens is 1. The first-order valence-electron chi connectivity index (χ1n) is 9.02. The SMILES string of the molecule is CCOCCOc1nc(OCc2ccccc2/C(=N/OC)C(=O)NC)ccc1Cl. The number of benzene rings is 1. The number of pyridine rings is 1. The zero-order valence-corrected chi connectivity index (χ0v) is 17.4. The van der Waals surface area contributed by atoms with Gasteiger partial charge in [-0.05, 0) is 18.6 Å². The largest absolute Gasteiger partial charge is 0.474 e. The maximum atomic E-state index is 12.1. The molecule has 156 valence electrons. The number of carbonyl (C=O) groups is 1. The summed E-state index contributed by atoms with van der Waals surface area (Å²) in [6.07, 6.45) is 0. The Morgan fingerprint density at radius 2 is 1.97 bits per heavy atom. The Labute approximate surface area is 174 Å². The molecular weight excluding hydrogens is 398 g/mol. The zero-order chi connectivity index (χ0) is 21.1. The molecule has 0 unspecified atom stereocenters. The van der Waals surface area contributed by atoms with Gasteiger partial charge in [-0.1, -0.05) is 41.0 Å². The second-order valence-corrected chi connectivity index (χ2v) is 6.04. The fraction of sp³-hybridized carbons (Fsp3) is 0.350. The molecule has 0 bridgehead atoms. The zero-order valence-electron chi connectivity index (χ0n) is 16.6. The lowest BCUT2D eigenvalue weighted by molar-refractivity contribution is -0.114. The van der Waals surface area contributed by atoms with Gasteiger partial charge in [0.1, 0.15) is 25.3 Å². The van der Waals surface area contributed by atoms with Crippen LogP contribution in [-0.4, -0.2) is 50.6 Å². The lowest BCUT2D eigenvalue weighted by Gasteiger charge is -2.13. The summed E-state index contributed by atoms with van der Waals surface area (Å²) in [6.45, 7) is 3.44. The number of carbonyl (C=O) groups excluding carboxylic acids is 1. The molecule has 1 amide bonds. The predicted octanol–water partition coefficient (Wildman–Crippen LogP) is 2.83. The van der Waals surface area contributed by atoms with Gasteiger partial charge in [0.2, 0.25) is 11.8 Å². The highest BCUT2D eigenvalue weighted by Gasteiger charge is 2.17.